The number of fused-ring (bicyclic) bond motifs is 2. The Labute approximate surface area is 193 Å². The van der Waals surface area contributed by atoms with Crippen LogP contribution < -0.4 is 18.9 Å². The minimum atomic E-state index is -0.136. The zero-order chi connectivity index (χ0) is 22.9. The molecule has 0 bridgehead atoms. The van der Waals surface area contributed by atoms with Crippen LogP contribution in [0, 0.1) is 6.92 Å². The summed E-state index contributed by atoms with van der Waals surface area (Å²) in [6.07, 6.45) is 1.73. The third-order valence-electron chi connectivity index (χ3n) is 6.01. The molecular formula is C27H25NO5. The molecule has 2 aliphatic heterocycles. The van der Waals surface area contributed by atoms with Gasteiger partial charge in [-0.3, -0.25) is 9.69 Å². The molecular weight excluding hydrogens is 418 g/mol. The summed E-state index contributed by atoms with van der Waals surface area (Å²) in [7, 11) is 3.28. The van der Waals surface area contributed by atoms with E-state index in [1.165, 1.54) is 0 Å². The van der Waals surface area contributed by atoms with E-state index in [2.05, 4.69) is 11.0 Å². The van der Waals surface area contributed by atoms with Gasteiger partial charge in [0.2, 0.25) is 5.78 Å². The number of hydrogen-bond donors (Lipinski definition) is 0. The monoisotopic (exact) mass is 443 g/mol. The van der Waals surface area contributed by atoms with Crippen molar-refractivity contribution in [3.8, 4) is 23.0 Å². The number of hydrogen-bond acceptors (Lipinski definition) is 6. The number of methoxy groups -OCH3 is 2. The van der Waals surface area contributed by atoms with Gasteiger partial charge in [0.25, 0.3) is 0 Å². The second-order valence-corrected chi connectivity index (χ2v) is 8.12. The van der Waals surface area contributed by atoms with Crippen molar-refractivity contribution in [2.24, 2.45) is 0 Å². The number of para-hydroxylation sites is 2. The molecule has 0 N–H and O–H groups in total. The molecule has 5 rings (SSSR count). The predicted octanol–water partition coefficient (Wildman–Crippen LogP) is 4.98. The van der Waals surface area contributed by atoms with Gasteiger partial charge in [0, 0.05) is 35.3 Å². The van der Waals surface area contributed by atoms with Crippen molar-refractivity contribution in [2.45, 2.75) is 20.0 Å². The van der Waals surface area contributed by atoms with Gasteiger partial charge in [0.05, 0.1) is 19.8 Å². The van der Waals surface area contributed by atoms with Gasteiger partial charge in [-0.2, -0.15) is 0 Å². The van der Waals surface area contributed by atoms with Gasteiger partial charge in [-0.05, 0) is 31.2 Å². The van der Waals surface area contributed by atoms with Gasteiger partial charge in [0.1, 0.15) is 29.7 Å². The summed E-state index contributed by atoms with van der Waals surface area (Å²) in [4.78, 5) is 15.4. The molecule has 0 saturated heterocycles. The lowest BCUT2D eigenvalue weighted by Crippen LogP contribution is -2.32. The first-order valence-electron chi connectivity index (χ1n) is 10.8. The fraction of sp³-hybridized carbons (Fsp3) is 0.222. The Kier molecular flexibility index (Phi) is 5.52. The maximum atomic E-state index is 13.2. The molecule has 3 aromatic rings. The maximum absolute atomic E-state index is 13.2. The van der Waals surface area contributed by atoms with Crippen LogP contribution in [0.5, 0.6) is 23.0 Å². The number of ketones is 1. The number of nitrogens with zero attached hydrogens (tertiary/aromatic N) is 1. The van der Waals surface area contributed by atoms with E-state index in [9.17, 15) is 4.79 Å². The van der Waals surface area contributed by atoms with Crippen LogP contribution in [0.2, 0.25) is 0 Å². The number of allylic oxidation sites excluding steroid dienone is 1. The minimum absolute atomic E-state index is 0.136. The highest BCUT2D eigenvalue weighted by molar-refractivity contribution is 6.15. The van der Waals surface area contributed by atoms with Crippen LogP contribution in [0.15, 0.2) is 60.4 Å². The van der Waals surface area contributed by atoms with E-state index in [1.807, 2.05) is 55.5 Å². The summed E-state index contributed by atoms with van der Waals surface area (Å²) in [5, 5.41) is 0. The van der Waals surface area contributed by atoms with Crippen molar-refractivity contribution >= 4 is 11.9 Å². The molecule has 0 spiro atoms. The third kappa shape index (κ3) is 3.83. The highest BCUT2D eigenvalue weighted by Crippen LogP contribution is 2.43. The molecule has 0 aliphatic carbocycles. The number of Topliss-reactive ketones (excluding diaryl/α,β-unsaturated/α-hetero) is 1. The average Bonchev–Trinajstić information content (AvgIpc) is 3.15. The molecule has 168 valence electrons. The van der Waals surface area contributed by atoms with Crippen LogP contribution in [0.4, 0.5) is 0 Å². The lowest BCUT2D eigenvalue weighted by atomic mass is 9.99. The quantitative estimate of drug-likeness (QED) is 0.519. The smallest absolute Gasteiger partial charge is 0.231 e. The first kappa shape index (κ1) is 21.1. The topological polar surface area (TPSA) is 57.2 Å². The third-order valence-corrected chi connectivity index (χ3v) is 6.01. The molecule has 6 heteroatoms. The van der Waals surface area contributed by atoms with Crippen LogP contribution in [0.1, 0.15) is 32.6 Å². The van der Waals surface area contributed by atoms with Crippen molar-refractivity contribution in [1.29, 1.82) is 0 Å². The Morgan fingerprint density at radius 2 is 1.73 bits per heavy atom. The lowest BCUT2D eigenvalue weighted by Gasteiger charge is -2.30. The normalized spacial score (nSPS) is 16.1. The maximum Gasteiger partial charge on any atom is 0.231 e. The van der Waals surface area contributed by atoms with E-state index < -0.39 is 0 Å². The molecule has 2 heterocycles. The number of carbonyl (C=O) groups excluding carboxylic acids is 1. The fourth-order valence-electron chi connectivity index (χ4n) is 4.40. The van der Waals surface area contributed by atoms with E-state index in [4.69, 9.17) is 18.9 Å². The molecule has 0 aromatic heterocycles. The molecule has 0 atom stereocenters. The molecule has 6 nitrogen and oxygen atoms in total. The summed E-state index contributed by atoms with van der Waals surface area (Å²) in [5.41, 5.74) is 4.26. The summed E-state index contributed by atoms with van der Waals surface area (Å²) in [6, 6.07) is 17.4. The zero-order valence-electron chi connectivity index (χ0n) is 18.9. The second kappa shape index (κ2) is 8.64. The number of benzene rings is 3. The Bertz CT molecular complexity index is 1260. The standard InChI is InChI=1S/C27H25NO5/c1-17-26-20(15-28(16-32-26)14-19-9-5-7-11-23(19)31-3)12-21-25(29)24(33-27(17)21)13-18-8-4-6-10-22(18)30-2/h4-13H,14-16H2,1-3H3/b24-13-. The van der Waals surface area contributed by atoms with Crippen LogP contribution in [-0.4, -0.2) is 31.6 Å². The summed E-state index contributed by atoms with van der Waals surface area (Å²) >= 11 is 0. The van der Waals surface area contributed by atoms with Crippen molar-refractivity contribution < 1.29 is 23.7 Å². The largest absolute Gasteiger partial charge is 0.496 e. The lowest BCUT2D eigenvalue weighted by molar-refractivity contribution is 0.0869. The zero-order valence-corrected chi connectivity index (χ0v) is 18.9. The first-order valence-corrected chi connectivity index (χ1v) is 10.8. The highest BCUT2D eigenvalue weighted by Gasteiger charge is 2.33. The van der Waals surface area contributed by atoms with E-state index in [0.29, 0.717) is 36.9 Å². The number of ether oxygens (including phenoxy) is 4. The Hall–Kier alpha value is -3.77. The fourth-order valence-corrected chi connectivity index (χ4v) is 4.40. The molecule has 0 unspecified atom stereocenters. The Balaban J connectivity index is 1.43. The molecule has 0 amide bonds. The SMILES string of the molecule is COc1ccccc1/C=C1\Oc2c(cc3c(c2C)OCN(Cc2ccccc2OC)C3)C1=O. The molecule has 0 fully saturated rings. The van der Waals surface area contributed by atoms with Gasteiger partial charge in [-0.25, -0.2) is 0 Å². The van der Waals surface area contributed by atoms with E-state index in [1.54, 1.807) is 20.3 Å². The molecule has 33 heavy (non-hydrogen) atoms. The van der Waals surface area contributed by atoms with Crippen LogP contribution in [0.25, 0.3) is 6.08 Å². The van der Waals surface area contributed by atoms with Crippen LogP contribution >= 0.6 is 0 Å². The van der Waals surface area contributed by atoms with Crippen LogP contribution in [-0.2, 0) is 13.1 Å². The molecule has 0 radical (unpaired) electrons. The highest BCUT2D eigenvalue weighted by atomic mass is 16.5. The van der Waals surface area contributed by atoms with Crippen molar-refractivity contribution in [1.82, 2.24) is 4.90 Å². The second-order valence-electron chi connectivity index (χ2n) is 8.12. The Morgan fingerprint density at radius 3 is 2.52 bits per heavy atom. The van der Waals surface area contributed by atoms with Crippen molar-refractivity contribution in [3.05, 3.63) is 88.2 Å². The van der Waals surface area contributed by atoms with Crippen molar-refractivity contribution in [3.63, 3.8) is 0 Å². The van der Waals surface area contributed by atoms with Crippen molar-refractivity contribution in [2.75, 3.05) is 21.0 Å². The number of carbonyl (C=O) groups is 1. The summed E-state index contributed by atoms with van der Waals surface area (Å²) < 4.78 is 23.0. The Morgan fingerprint density at radius 1 is 1.00 bits per heavy atom. The number of rotatable bonds is 5. The van der Waals surface area contributed by atoms with Gasteiger partial charge in [0.15, 0.2) is 5.76 Å². The van der Waals surface area contributed by atoms with Gasteiger partial charge < -0.3 is 18.9 Å². The van der Waals surface area contributed by atoms with Gasteiger partial charge in [-0.1, -0.05) is 36.4 Å². The average molecular weight is 443 g/mol. The van der Waals surface area contributed by atoms with Gasteiger partial charge >= 0.3 is 0 Å². The predicted molar refractivity (Wildman–Crippen MR) is 125 cm³/mol. The van der Waals surface area contributed by atoms with E-state index in [0.717, 1.165) is 33.8 Å². The van der Waals surface area contributed by atoms with E-state index in [-0.39, 0.29) is 11.5 Å². The van der Waals surface area contributed by atoms with E-state index >= 15 is 0 Å². The van der Waals surface area contributed by atoms with Crippen LogP contribution in [0.3, 0.4) is 0 Å². The summed E-state index contributed by atoms with van der Waals surface area (Å²) in [6.45, 7) is 3.73. The van der Waals surface area contributed by atoms with Gasteiger partial charge in [-0.15, -0.1) is 0 Å². The first-order chi connectivity index (χ1) is 16.1. The minimum Gasteiger partial charge on any atom is -0.496 e. The molecule has 0 saturated carbocycles. The molecule has 2 aliphatic rings. The molecule has 3 aromatic carbocycles. The summed E-state index contributed by atoms with van der Waals surface area (Å²) in [5.74, 6) is 3.04.